The molecule has 0 spiro atoms. The molecule has 0 bridgehead atoms. The highest BCUT2D eigenvalue weighted by Gasteiger charge is 2.11. The van der Waals surface area contributed by atoms with Gasteiger partial charge in [-0.3, -0.25) is 9.78 Å². The zero-order chi connectivity index (χ0) is 13.7. The van der Waals surface area contributed by atoms with Crippen molar-refractivity contribution in [2.75, 3.05) is 0 Å². The van der Waals surface area contributed by atoms with Crippen LogP contribution in [0.4, 0.5) is 0 Å². The Morgan fingerprint density at radius 3 is 2.58 bits per heavy atom. The minimum atomic E-state index is -0.122. The Kier molecular flexibility index (Phi) is 4.26. The van der Waals surface area contributed by atoms with E-state index < -0.39 is 0 Å². The van der Waals surface area contributed by atoms with Gasteiger partial charge in [-0.2, -0.15) is 0 Å². The first kappa shape index (κ1) is 13.2. The van der Waals surface area contributed by atoms with Crippen molar-refractivity contribution < 1.29 is 4.79 Å². The summed E-state index contributed by atoms with van der Waals surface area (Å²) in [5.74, 6) is -0.110. The first-order valence-corrected chi connectivity index (χ1v) is 6.21. The number of nitrogens with two attached hydrogens (primary N) is 1. The van der Waals surface area contributed by atoms with Crippen LogP contribution in [0.2, 0.25) is 0 Å². The van der Waals surface area contributed by atoms with Crippen LogP contribution in [0.25, 0.3) is 0 Å². The maximum absolute atomic E-state index is 12.1. The van der Waals surface area contributed by atoms with Crippen molar-refractivity contribution in [1.29, 1.82) is 0 Å². The molecule has 0 aliphatic heterocycles. The zero-order valence-electron chi connectivity index (χ0n) is 10.8. The predicted molar refractivity (Wildman–Crippen MR) is 74.5 cm³/mol. The highest BCUT2D eigenvalue weighted by Crippen LogP contribution is 2.10. The van der Waals surface area contributed by atoms with E-state index in [9.17, 15) is 4.79 Å². The monoisotopic (exact) mass is 255 g/mol. The van der Waals surface area contributed by atoms with Crippen molar-refractivity contribution in [2.45, 2.75) is 19.5 Å². The van der Waals surface area contributed by atoms with E-state index in [-0.39, 0.29) is 11.9 Å². The summed E-state index contributed by atoms with van der Waals surface area (Å²) in [4.78, 5) is 16.3. The number of hydrogen-bond acceptors (Lipinski definition) is 3. The normalized spacial score (nSPS) is 11.9. The highest BCUT2D eigenvalue weighted by molar-refractivity contribution is 5.94. The second kappa shape index (κ2) is 6.11. The summed E-state index contributed by atoms with van der Waals surface area (Å²) in [6.45, 7) is 2.39. The Morgan fingerprint density at radius 1 is 1.26 bits per heavy atom. The van der Waals surface area contributed by atoms with Gasteiger partial charge in [-0.1, -0.05) is 18.2 Å². The van der Waals surface area contributed by atoms with Crippen molar-refractivity contribution >= 4 is 5.91 Å². The molecule has 1 heterocycles. The van der Waals surface area contributed by atoms with Crippen LogP contribution < -0.4 is 11.1 Å². The van der Waals surface area contributed by atoms with Crippen LogP contribution >= 0.6 is 0 Å². The number of carbonyl (C=O) groups excluding carboxylic acids is 1. The number of benzene rings is 1. The van der Waals surface area contributed by atoms with Crippen molar-refractivity contribution in [2.24, 2.45) is 5.73 Å². The molecule has 98 valence electrons. The van der Waals surface area contributed by atoms with Crippen LogP contribution in [0.5, 0.6) is 0 Å². The third-order valence-electron chi connectivity index (χ3n) is 2.93. The van der Waals surface area contributed by atoms with Gasteiger partial charge in [-0.05, 0) is 36.8 Å². The predicted octanol–water partition coefficient (Wildman–Crippen LogP) is 2.03. The third-order valence-corrected chi connectivity index (χ3v) is 2.93. The first-order valence-electron chi connectivity index (χ1n) is 6.21. The van der Waals surface area contributed by atoms with E-state index in [4.69, 9.17) is 5.73 Å². The van der Waals surface area contributed by atoms with E-state index in [0.717, 1.165) is 11.3 Å². The Bertz CT molecular complexity index is 537. The molecule has 0 radical (unpaired) electrons. The molecule has 0 aliphatic carbocycles. The SMILES string of the molecule is C[C@H](NC(=O)c1ccc(CN)cc1)c1ccccn1. The zero-order valence-corrected chi connectivity index (χ0v) is 10.8. The van der Waals surface area contributed by atoms with Gasteiger partial charge < -0.3 is 11.1 Å². The Labute approximate surface area is 112 Å². The van der Waals surface area contributed by atoms with E-state index >= 15 is 0 Å². The largest absolute Gasteiger partial charge is 0.344 e. The van der Waals surface area contributed by atoms with Gasteiger partial charge in [0.2, 0.25) is 0 Å². The molecule has 1 amide bonds. The summed E-state index contributed by atoms with van der Waals surface area (Å²) in [5.41, 5.74) is 8.00. The lowest BCUT2D eigenvalue weighted by Gasteiger charge is -2.13. The van der Waals surface area contributed by atoms with E-state index in [1.807, 2.05) is 37.3 Å². The van der Waals surface area contributed by atoms with E-state index in [1.54, 1.807) is 18.3 Å². The summed E-state index contributed by atoms with van der Waals surface area (Å²) in [6, 6.07) is 12.8. The molecule has 1 aromatic heterocycles. The van der Waals surface area contributed by atoms with Crippen molar-refractivity contribution in [3.05, 3.63) is 65.5 Å². The number of carbonyl (C=O) groups is 1. The van der Waals surface area contributed by atoms with E-state index in [2.05, 4.69) is 10.3 Å². The van der Waals surface area contributed by atoms with Gasteiger partial charge in [0.05, 0.1) is 11.7 Å². The van der Waals surface area contributed by atoms with E-state index in [1.165, 1.54) is 0 Å². The second-order valence-electron chi connectivity index (χ2n) is 4.35. The molecule has 1 atom stereocenters. The Balaban J connectivity index is 2.04. The molecule has 2 rings (SSSR count). The van der Waals surface area contributed by atoms with Crippen molar-refractivity contribution in [1.82, 2.24) is 10.3 Å². The Hall–Kier alpha value is -2.20. The molecular formula is C15H17N3O. The quantitative estimate of drug-likeness (QED) is 0.878. The summed E-state index contributed by atoms with van der Waals surface area (Å²) < 4.78 is 0. The number of nitrogens with one attached hydrogen (secondary N) is 1. The number of hydrogen-bond donors (Lipinski definition) is 2. The van der Waals surface area contributed by atoms with E-state index in [0.29, 0.717) is 12.1 Å². The minimum absolute atomic E-state index is 0.110. The van der Waals surface area contributed by atoms with Gasteiger partial charge >= 0.3 is 0 Å². The fraction of sp³-hybridized carbons (Fsp3) is 0.200. The van der Waals surface area contributed by atoms with Gasteiger partial charge in [-0.25, -0.2) is 0 Å². The molecule has 0 fully saturated rings. The molecule has 3 N–H and O–H groups in total. The van der Waals surface area contributed by atoms with Crippen LogP contribution in [0.15, 0.2) is 48.7 Å². The van der Waals surface area contributed by atoms with Gasteiger partial charge in [-0.15, -0.1) is 0 Å². The minimum Gasteiger partial charge on any atom is -0.344 e. The molecule has 0 unspecified atom stereocenters. The summed E-state index contributed by atoms with van der Waals surface area (Å²) in [7, 11) is 0. The fourth-order valence-electron chi connectivity index (χ4n) is 1.78. The number of amides is 1. The maximum Gasteiger partial charge on any atom is 0.251 e. The second-order valence-corrected chi connectivity index (χ2v) is 4.35. The third kappa shape index (κ3) is 3.39. The van der Waals surface area contributed by atoms with Crippen LogP contribution in [-0.4, -0.2) is 10.9 Å². The molecule has 1 aromatic carbocycles. The average molecular weight is 255 g/mol. The van der Waals surface area contributed by atoms with Crippen LogP contribution in [-0.2, 0) is 6.54 Å². The molecule has 19 heavy (non-hydrogen) atoms. The molecule has 2 aromatic rings. The fourth-order valence-corrected chi connectivity index (χ4v) is 1.78. The maximum atomic E-state index is 12.1. The van der Waals surface area contributed by atoms with Gasteiger partial charge in [0.15, 0.2) is 0 Å². The van der Waals surface area contributed by atoms with Crippen LogP contribution in [0.1, 0.15) is 34.6 Å². The molecule has 0 saturated carbocycles. The number of aromatic nitrogens is 1. The Morgan fingerprint density at radius 2 is 2.00 bits per heavy atom. The summed E-state index contributed by atoms with van der Waals surface area (Å²) in [6.07, 6.45) is 1.72. The van der Waals surface area contributed by atoms with Crippen LogP contribution in [0.3, 0.4) is 0 Å². The highest BCUT2D eigenvalue weighted by atomic mass is 16.1. The number of pyridine rings is 1. The molecule has 0 saturated heterocycles. The molecule has 0 aliphatic rings. The molecule has 4 nitrogen and oxygen atoms in total. The van der Waals surface area contributed by atoms with Crippen molar-refractivity contribution in [3.63, 3.8) is 0 Å². The first-order chi connectivity index (χ1) is 9.20. The number of nitrogens with zero attached hydrogens (tertiary/aromatic N) is 1. The van der Waals surface area contributed by atoms with Crippen LogP contribution in [0, 0.1) is 0 Å². The lowest BCUT2D eigenvalue weighted by atomic mass is 10.1. The van der Waals surface area contributed by atoms with Gasteiger partial charge in [0.25, 0.3) is 5.91 Å². The lowest BCUT2D eigenvalue weighted by molar-refractivity contribution is 0.0939. The topological polar surface area (TPSA) is 68.0 Å². The summed E-state index contributed by atoms with van der Waals surface area (Å²) >= 11 is 0. The van der Waals surface area contributed by atoms with Crippen molar-refractivity contribution in [3.8, 4) is 0 Å². The molecule has 4 heteroatoms. The molecular weight excluding hydrogens is 238 g/mol. The van der Waals surface area contributed by atoms with Gasteiger partial charge in [0.1, 0.15) is 0 Å². The van der Waals surface area contributed by atoms with Gasteiger partial charge in [0, 0.05) is 18.3 Å². The lowest BCUT2D eigenvalue weighted by Crippen LogP contribution is -2.27. The summed E-state index contributed by atoms with van der Waals surface area (Å²) in [5, 5.41) is 2.92. The average Bonchev–Trinajstić information content (AvgIpc) is 2.48. The number of rotatable bonds is 4. The smallest absolute Gasteiger partial charge is 0.251 e. The standard InChI is InChI=1S/C15H17N3O/c1-11(14-4-2-3-9-17-14)18-15(19)13-7-5-12(10-16)6-8-13/h2-9,11H,10,16H2,1H3,(H,18,19)/t11-/m0/s1.